The molecule has 0 atom stereocenters. The van der Waals surface area contributed by atoms with Gasteiger partial charge in [0.1, 0.15) is 5.52 Å². The van der Waals surface area contributed by atoms with E-state index in [-0.39, 0.29) is 11.5 Å². The van der Waals surface area contributed by atoms with Gasteiger partial charge >= 0.3 is 0 Å². The van der Waals surface area contributed by atoms with Crippen molar-refractivity contribution in [2.24, 2.45) is 5.10 Å². The Morgan fingerprint density at radius 2 is 1.92 bits per heavy atom. The van der Waals surface area contributed by atoms with Gasteiger partial charge in [-0.15, -0.1) is 10.2 Å². The van der Waals surface area contributed by atoms with E-state index < -0.39 is 5.97 Å². The van der Waals surface area contributed by atoms with E-state index in [1.807, 2.05) is 24.3 Å². The molecule has 8 heteroatoms. The van der Waals surface area contributed by atoms with Gasteiger partial charge in [0, 0.05) is 10.9 Å². The predicted molar refractivity (Wildman–Crippen MR) is 91.2 cm³/mol. The Balaban J connectivity index is 1.54. The van der Waals surface area contributed by atoms with E-state index in [4.69, 9.17) is 0 Å². The number of aromatic nitrogens is 4. The maximum absolute atomic E-state index is 10.7. The smallest absolute Gasteiger partial charge is 0.265 e. The molecule has 0 amide bonds. The third-order valence-electron chi connectivity index (χ3n) is 3.65. The number of anilines is 1. The summed E-state index contributed by atoms with van der Waals surface area (Å²) in [6.45, 7) is 0. The second-order valence-corrected chi connectivity index (χ2v) is 5.28. The van der Waals surface area contributed by atoms with Crippen molar-refractivity contribution in [3.05, 3.63) is 59.7 Å². The van der Waals surface area contributed by atoms with Crippen molar-refractivity contribution in [2.75, 3.05) is 5.43 Å². The van der Waals surface area contributed by atoms with E-state index in [0.29, 0.717) is 11.2 Å². The summed E-state index contributed by atoms with van der Waals surface area (Å²) < 4.78 is 0. The van der Waals surface area contributed by atoms with E-state index in [9.17, 15) is 9.90 Å². The first-order valence-electron chi connectivity index (χ1n) is 7.42. The monoisotopic (exact) mass is 331 g/mol. The fraction of sp³-hybridized carbons (Fsp3) is 0. The average Bonchev–Trinajstić information content (AvgIpc) is 3.00. The Hall–Kier alpha value is -3.81. The molecule has 0 unspecified atom stereocenters. The molecule has 4 aromatic rings. The standard InChI is InChI=1S/C17H12N6O2/c24-16(25)11-7-5-10(6-8-11)9-18-22-17-20-15-14(21-23-17)12-3-1-2-4-13(12)19-15/h1-9H,(H,24,25)(H2,19,20,22,23)/p-1/b18-9-. The molecule has 0 spiro atoms. The van der Waals surface area contributed by atoms with E-state index in [1.54, 1.807) is 12.1 Å². The minimum absolute atomic E-state index is 0.113. The lowest BCUT2D eigenvalue weighted by Crippen LogP contribution is -2.21. The summed E-state index contributed by atoms with van der Waals surface area (Å²) in [5.74, 6) is -0.964. The van der Waals surface area contributed by atoms with E-state index in [2.05, 4.69) is 30.7 Å². The van der Waals surface area contributed by atoms with Crippen LogP contribution >= 0.6 is 0 Å². The molecule has 0 fully saturated rings. The lowest BCUT2D eigenvalue weighted by atomic mass is 10.1. The van der Waals surface area contributed by atoms with Gasteiger partial charge in [0.2, 0.25) is 0 Å². The number of rotatable bonds is 4. The van der Waals surface area contributed by atoms with Crippen LogP contribution in [0.1, 0.15) is 15.9 Å². The van der Waals surface area contributed by atoms with Crippen molar-refractivity contribution in [2.45, 2.75) is 0 Å². The van der Waals surface area contributed by atoms with Crippen LogP contribution in [0.25, 0.3) is 22.1 Å². The van der Waals surface area contributed by atoms with Gasteiger partial charge in [0.25, 0.3) is 5.95 Å². The van der Waals surface area contributed by atoms with Gasteiger partial charge < -0.3 is 14.9 Å². The highest BCUT2D eigenvalue weighted by Crippen LogP contribution is 2.21. The molecule has 8 nitrogen and oxygen atoms in total. The number of benzene rings is 2. The number of H-pyrrole nitrogens is 1. The molecule has 4 rings (SSSR count). The van der Waals surface area contributed by atoms with Crippen molar-refractivity contribution in [3.8, 4) is 0 Å². The van der Waals surface area contributed by atoms with Gasteiger partial charge in [-0.05, 0) is 17.2 Å². The van der Waals surface area contributed by atoms with Crippen LogP contribution < -0.4 is 10.5 Å². The molecule has 122 valence electrons. The zero-order chi connectivity index (χ0) is 17.2. The fourth-order valence-corrected chi connectivity index (χ4v) is 2.44. The quantitative estimate of drug-likeness (QED) is 0.430. The van der Waals surface area contributed by atoms with Crippen LogP contribution in [-0.4, -0.2) is 32.3 Å². The summed E-state index contributed by atoms with van der Waals surface area (Å²) in [5.41, 5.74) is 5.79. The van der Waals surface area contributed by atoms with Crippen molar-refractivity contribution in [1.82, 2.24) is 20.2 Å². The van der Waals surface area contributed by atoms with Crippen LogP contribution in [0.3, 0.4) is 0 Å². The first-order chi connectivity index (χ1) is 12.2. The molecule has 0 bridgehead atoms. The summed E-state index contributed by atoms with van der Waals surface area (Å²) in [6, 6.07) is 13.9. The Morgan fingerprint density at radius 3 is 2.72 bits per heavy atom. The summed E-state index contributed by atoms with van der Waals surface area (Å²) in [7, 11) is 0. The number of carbonyl (C=O) groups excluding carboxylic acids is 1. The van der Waals surface area contributed by atoms with Crippen LogP contribution in [0.4, 0.5) is 5.95 Å². The lowest BCUT2D eigenvalue weighted by Gasteiger charge is -2.01. The van der Waals surface area contributed by atoms with Gasteiger partial charge in [-0.25, -0.2) is 5.43 Å². The fourth-order valence-electron chi connectivity index (χ4n) is 2.44. The Morgan fingerprint density at radius 1 is 1.12 bits per heavy atom. The van der Waals surface area contributed by atoms with Crippen LogP contribution in [0.2, 0.25) is 0 Å². The number of hydrazone groups is 1. The highest BCUT2D eigenvalue weighted by atomic mass is 16.4. The van der Waals surface area contributed by atoms with E-state index in [0.717, 1.165) is 16.5 Å². The highest BCUT2D eigenvalue weighted by Gasteiger charge is 2.07. The number of nitrogens with one attached hydrogen (secondary N) is 2. The molecule has 25 heavy (non-hydrogen) atoms. The van der Waals surface area contributed by atoms with Crippen LogP contribution in [0.15, 0.2) is 53.6 Å². The van der Waals surface area contributed by atoms with Gasteiger partial charge in [0.05, 0.1) is 12.2 Å². The molecule has 0 aliphatic carbocycles. The van der Waals surface area contributed by atoms with Gasteiger partial charge in [-0.2, -0.15) is 10.1 Å². The average molecular weight is 331 g/mol. The zero-order valence-electron chi connectivity index (χ0n) is 12.8. The molecule has 2 N–H and O–H groups in total. The van der Waals surface area contributed by atoms with Crippen molar-refractivity contribution < 1.29 is 9.90 Å². The van der Waals surface area contributed by atoms with Gasteiger partial charge in [-0.3, -0.25) is 0 Å². The molecule has 0 saturated carbocycles. The first-order valence-corrected chi connectivity index (χ1v) is 7.42. The number of para-hydroxylation sites is 1. The molecular formula is C17H11N6O2-. The highest BCUT2D eigenvalue weighted by molar-refractivity contribution is 6.03. The normalized spacial score (nSPS) is 11.4. The van der Waals surface area contributed by atoms with Crippen molar-refractivity contribution in [3.63, 3.8) is 0 Å². The number of fused-ring (bicyclic) bond motifs is 3. The van der Waals surface area contributed by atoms with Crippen LogP contribution in [0, 0.1) is 0 Å². The lowest BCUT2D eigenvalue weighted by molar-refractivity contribution is -0.255. The number of carboxylic acids is 1. The third-order valence-corrected chi connectivity index (χ3v) is 3.65. The maximum Gasteiger partial charge on any atom is 0.265 e. The Kier molecular flexibility index (Phi) is 3.55. The van der Waals surface area contributed by atoms with Crippen LogP contribution in [0.5, 0.6) is 0 Å². The largest absolute Gasteiger partial charge is 0.545 e. The molecule has 0 aliphatic rings. The number of hydrogen-bond acceptors (Lipinski definition) is 7. The van der Waals surface area contributed by atoms with Gasteiger partial charge in [-0.1, -0.05) is 42.5 Å². The number of aromatic carboxylic acids is 1. The predicted octanol–water partition coefficient (Wildman–Crippen LogP) is 1.32. The van der Waals surface area contributed by atoms with E-state index in [1.165, 1.54) is 18.3 Å². The maximum atomic E-state index is 10.7. The van der Waals surface area contributed by atoms with Crippen molar-refractivity contribution >= 4 is 40.2 Å². The number of carbonyl (C=O) groups is 1. The number of carboxylic acid groups (broad SMARTS) is 1. The number of aromatic amines is 1. The molecule has 2 heterocycles. The third kappa shape index (κ3) is 2.88. The SMILES string of the molecule is O=C([O-])c1ccc(/C=N\Nc2nnc3c(n2)[nH]c2ccccc23)cc1. The second kappa shape index (κ2) is 6.00. The second-order valence-electron chi connectivity index (χ2n) is 5.28. The molecule has 2 aromatic heterocycles. The molecule has 0 aliphatic heterocycles. The summed E-state index contributed by atoms with van der Waals surface area (Å²) >= 11 is 0. The molecule has 2 aromatic carbocycles. The Bertz CT molecular complexity index is 1100. The number of hydrogen-bond donors (Lipinski definition) is 2. The molecule has 0 saturated heterocycles. The van der Waals surface area contributed by atoms with Crippen LogP contribution in [-0.2, 0) is 0 Å². The summed E-state index contributed by atoms with van der Waals surface area (Å²) in [6.07, 6.45) is 1.53. The Labute approximate surface area is 141 Å². The van der Waals surface area contributed by atoms with E-state index >= 15 is 0 Å². The van der Waals surface area contributed by atoms with Crippen molar-refractivity contribution in [1.29, 1.82) is 0 Å². The number of nitrogens with zero attached hydrogens (tertiary/aromatic N) is 4. The minimum atomic E-state index is -1.22. The zero-order valence-corrected chi connectivity index (χ0v) is 12.8. The summed E-state index contributed by atoms with van der Waals surface area (Å²) in [4.78, 5) is 18.2. The molecule has 0 radical (unpaired) electrons. The molecular weight excluding hydrogens is 320 g/mol. The first kappa shape index (κ1) is 14.8. The topological polar surface area (TPSA) is 119 Å². The summed E-state index contributed by atoms with van der Waals surface area (Å²) in [5, 5.41) is 23.9. The minimum Gasteiger partial charge on any atom is -0.545 e. The van der Waals surface area contributed by atoms with Gasteiger partial charge in [0.15, 0.2) is 5.65 Å².